The first-order valence-corrected chi connectivity index (χ1v) is 11.0. The zero-order valence-corrected chi connectivity index (χ0v) is 18.8. The summed E-state index contributed by atoms with van der Waals surface area (Å²) in [5.41, 5.74) is 4.60. The molecule has 150 valence electrons. The van der Waals surface area contributed by atoms with Crippen LogP contribution >= 0.6 is 25.3 Å². The second-order valence-corrected chi connectivity index (χ2v) is 8.11. The third-order valence-corrected chi connectivity index (χ3v) is 6.33. The van der Waals surface area contributed by atoms with Gasteiger partial charge in [-0.1, -0.05) is 80.6 Å². The molecule has 29 heavy (non-hydrogen) atoms. The van der Waals surface area contributed by atoms with Crippen molar-refractivity contribution in [3.63, 3.8) is 0 Å². The summed E-state index contributed by atoms with van der Waals surface area (Å²) in [7, 11) is 0. The van der Waals surface area contributed by atoms with Crippen LogP contribution in [0.3, 0.4) is 0 Å². The first-order valence-electron chi connectivity index (χ1n) is 10.1. The number of ether oxygens (including phenoxy) is 1. The van der Waals surface area contributed by atoms with Crippen LogP contribution in [0.4, 0.5) is 0 Å². The zero-order valence-electron chi connectivity index (χ0n) is 17.0. The van der Waals surface area contributed by atoms with E-state index < -0.39 is 0 Å². The Balaban J connectivity index is 1.91. The van der Waals surface area contributed by atoms with Crippen molar-refractivity contribution in [2.75, 3.05) is 6.61 Å². The number of rotatable bonds is 8. The maximum atomic E-state index is 6.20. The van der Waals surface area contributed by atoms with Crippen molar-refractivity contribution in [3.05, 3.63) is 101 Å². The van der Waals surface area contributed by atoms with Gasteiger partial charge in [-0.2, -0.15) is 0 Å². The zero-order chi connectivity index (χ0) is 20.6. The lowest BCUT2D eigenvalue weighted by molar-refractivity contribution is 0.321. The predicted molar refractivity (Wildman–Crippen MR) is 132 cm³/mol. The summed E-state index contributed by atoms with van der Waals surface area (Å²) in [6.45, 7) is 5.07. The van der Waals surface area contributed by atoms with Gasteiger partial charge < -0.3 is 4.74 Å². The Labute approximate surface area is 185 Å². The van der Waals surface area contributed by atoms with Crippen LogP contribution in [0, 0.1) is 0 Å². The quantitative estimate of drug-likeness (QED) is 0.283. The van der Waals surface area contributed by atoms with E-state index in [4.69, 9.17) is 30.0 Å². The third-order valence-electron chi connectivity index (χ3n) is 5.20. The fourth-order valence-corrected chi connectivity index (χ4v) is 3.76. The standard InChI is InChI=1S/C26H28OS2/c1-3-19(2)22-14-15-24(27-17-16-20-10-6-4-7-11-20)23(18-22)26(29)25(28)21-12-8-5-9-13-21/h4-15,18-19,28-29H,3,16-17H2,1-2H3. The molecule has 0 heterocycles. The van der Waals surface area contributed by atoms with Crippen LogP contribution in [0.25, 0.3) is 9.81 Å². The SMILES string of the molecule is CCC(C)c1ccc(OCCc2ccccc2)c(C(S)=C(S)c2ccccc2)c1. The Bertz CT molecular complexity index is 949. The summed E-state index contributed by atoms with van der Waals surface area (Å²) in [5, 5.41) is 0. The number of benzene rings is 3. The van der Waals surface area contributed by atoms with Gasteiger partial charge in [0.25, 0.3) is 0 Å². The van der Waals surface area contributed by atoms with E-state index in [1.807, 2.05) is 36.4 Å². The van der Waals surface area contributed by atoms with E-state index in [1.165, 1.54) is 11.1 Å². The van der Waals surface area contributed by atoms with Crippen LogP contribution in [0.5, 0.6) is 5.75 Å². The molecule has 0 aliphatic rings. The Hall–Kier alpha value is -2.10. The minimum atomic E-state index is 0.480. The molecule has 3 heteroatoms. The lowest BCUT2D eigenvalue weighted by Crippen LogP contribution is -2.04. The van der Waals surface area contributed by atoms with Gasteiger partial charge in [-0.15, -0.1) is 25.3 Å². The molecule has 0 spiro atoms. The summed E-state index contributed by atoms with van der Waals surface area (Å²) < 4.78 is 6.20. The van der Waals surface area contributed by atoms with E-state index in [2.05, 4.69) is 56.3 Å². The van der Waals surface area contributed by atoms with Gasteiger partial charge in [-0.25, -0.2) is 0 Å². The van der Waals surface area contributed by atoms with Gasteiger partial charge >= 0.3 is 0 Å². The van der Waals surface area contributed by atoms with Gasteiger partial charge in [0, 0.05) is 21.8 Å². The summed E-state index contributed by atoms with van der Waals surface area (Å²) >= 11 is 9.63. The Morgan fingerprint density at radius 2 is 1.52 bits per heavy atom. The predicted octanol–water partition coefficient (Wildman–Crippen LogP) is 7.51. The van der Waals surface area contributed by atoms with Gasteiger partial charge in [0.2, 0.25) is 0 Å². The molecule has 3 aromatic carbocycles. The molecule has 1 atom stereocenters. The molecule has 0 amide bonds. The van der Waals surface area contributed by atoms with E-state index in [1.54, 1.807) is 0 Å². The van der Waals surface area contributed by atoms with Crippen LogP contribution in [-0.2, 0) is 6.42 Å². The fraction of sp³-hybridized carbons (Fsp3) is 0.231. The molecule has 1 unspecified atom stereocenters. The van der Waals surface area contributed by atoms with Crippen LogP contribution in [0.1, 0.15) is 48.4 Å². The number of hydrogen-bond donors (Lipinski definition) is 2. The summed E-state index contributed by atoms with van der Waals surface area (Å²) in [5.74, 6) is 1.33. The maximum Gasteiger partial charge on any atom is 0.127 e. The number of thiol groups is 2. The molecule has 0 fully saturated rings. The van der Waals surface area contributed by atoms with Gasteiger partial charge in [-0.3, -0.25) is 0 Å². The molecule has 0 aliphatic heterocycles. The van der Waals surface area contributed by atoms with E-state index in [0.29, 0.717) is 12.5 Å². The third kappa shape index (κ3) is 5.71. The smallest absolute Gasteiger partial charge is 0.127 e. The largest absolute Gasteiger partial charge is 0.493 e. The average molecular weight is 421 g/mol. The molecule has 0 aromatic heterocycles. The van der Waals surface area contributed by atoms with Crippen LogP contribution < -0.4 is 4.74 Å². The van der Waals surface area contributed by atoms with Gasteiger partial charge in [0.15, 0.2) is 0 Å². The molecule has 0 aliphatic carbocycles. The molecule has 3 aromatic rings. The van der Waals surface area contributed by atoms with Gasteiger partial charge in [0.1, 0.15) is 5.75 Å². The summed E-state index contributed by atoms with van der Waals surface area (Å²) in [6, 6.07) is 27.0. The van der Waals surface area contributed by atoms with E-state index in [0.717, 1.165) is 39.5 Å². The lowest BCUT2D eigenvalue weighted by atomic mass is 9.96. The first kappa shape index (κ1) is 21.6. The van der Waals surface area contributed by atoms with E-state index in [-0.39, 0.29) is 0 Å². The van der Waals surface area contributed by atoms with E-state index >= 15 is 0 Å². The fourth-order valence-electron chi connectivity index (χ4n) is 3.18. The second kappa shape index (κ2) is 10.6. The average Bonchev–Trinajstić information content (AvgIpc) is 2.79. The molecular formula is C26H28OS2. The van der Waals surface area contributed by atoms with Crippen molar-refractivity contribution in [1.82, 2.24) is 0 Å². The summed E-state index contributed by atoms with van der Waals surface area (Å²) in [4.78, 5) is 1.68. The van der Waals surface area contributed by atoms with Gasteiger partial charge in [-0.05, 0) is 41.2 Å². The van der Waals surface area contributed by atoms with Crippen molar-refractivity contribution < 1.29 is 4.74 Å². The van der Waals surface area contributed by atoms with E-state index in [9.17, 15) is 0 Å². The molecular weight excluding hydrogens is 392 g/mol. The normalized spacial score (nSPS) is 13.0. The molecule has 0 N–H and O–H groups in total. The Kier molecular flexibility index (Phi) is 7.91. The van der Waals surface area contributed by atoms with Crippen molar-refractivity contribution in [2.45, 2.75) is 32.6 Å². The minimum absolute atomic E-state index is 0.480. The molecule has 1 nitrogen and oxygen atoms in total. The second-order valence-electron chi connectivity index (χ2n) is 7.21. The van der Waals surface area contributed by atoms with Crippen LogP contribution in [0.2, 0.25) is 0 Å². The van der Waals surface area contributed by atoms with Crippen LogP contribution in [-0.4, -0.2) is 6.61 Å². The number of hydrogen-bond acceptors (Lipinski definition) is 3. The molecule has 0 saturated carbocycles. The highest BCUT2D eigenvalue weighted by Crippen LogP contribution is 2.38. The lowest BCUT2D eigenvalue weighted by Gasteiger charge is -2.17. The molecule has 3 rings (SSSR count). The van der Waals surface area contributed by atoms with Crippen molar-refractivity contribution in [3.8, 4) is 5.75 Å². The highest BCUT2D eigenvalue weighted by atomic mass is 32.1. The first-order chi connectivity index (χ1) is 14.1. The highest BCUT2D eigenvalue weighted by Gasteiger charge is 2.14. The minimum Gasteiger partial charge on any atom is -0.493 e. The van der Waals surface area contributed by atoms with Crippen molar-refractivity contribution in [2.24, 2.45) is 0 Å². The summed E-state index contributed by atoms with van der Waals surface area (Å²) in [6.07, 6.45) is 1.96. The molecule has 0 bridgehead atoms. The highest BCUT2D eigenvalue weighted by molar-refractivity contribution is 7.96. The Morgan fingerprint density at radius 3 is 2.17 bits per heavy atom. The topological polar surface area (TPSA) is 9.23 Å². The maximum absolute atomic E-state index is 6.20. The van der Waals surface area contributed by atoms with Crippen LogP contribution in [0.15, 0.2) is 78.9 Å². The molecule has 0 radical (unpaired) electrons. The van der Waals surface area contributed by atoms with Crippen molar-refractivity contribution >= 4 is 35.1 Å². The molecule has 0 saturated heterocycles. The Morgan fingerprint density at radius 1 is 0.862 bits per heavy atom. The van der Waals surface area contributed by atoms with Gasteiger partial charge in [0.05, 0.1) is 6.61 Å². The monoisotopic (exact) mass is 420 g/mol. The van der Waals surface area contributed by atoms with Crippen molar-refractivity contribution in [1.29, 1.82) is 0 Å².